The maximum atomic E-state index is 9.09. The van der Waals surface area contributed by atoms with E-state index in [9.17, 15) is 0 Å². The highest BCUT2D eigenvalue weighted by Crippen LogP contribution is 2.30. The van der Waals surface area contributed by atoms with Crippen molar-refractivity contribution in [1.29, 1.82) is 5.26 Å². The minimum atomic E-state index is 0.466. The van der Waals surface area contributed by atoms with Crippen LogP contribution < -0.4 is 16.2 Å². The van der Waals surface area contributed by atoms with Crippen LogP contribution in [0.15, 0.2) is 24.4 Å². The van der Waals surface area contributed by atoms with E-state index < -0.39 is 0 Å². The molecule has 1 fully saturated rings. The number of hydrogen-bond donors (Lipinski definition) is 2. The number of anilines is 2. The Hall–Kier alpha value is -2.32. The molecule has 3 rings (SSSR count). The number of nitrogens with one attached hydrogen (secondary N) is 1. The number of nitriles is 1. The molecule has 1 aromatic carbocycles. The first-order valence-corrected chi connectivity index (χ1v) is 6.38. The van der Waals surface area contributed by atoms with E-state index in [4.69, 9.17) is 11.1 Å². The van der Waals surface area contributed by atoms with Crippen LogP contribution in [0.5, 0.6) is 0 Å². The lowest BCUT2D eigenvalue weighted by molar-refractivity contribution is 0.949. The summed E-state index contributed by atoms with van der Waals surface area (Å²) < 4.78 is 0. The highest BCUT2D eigenvalue weighted by atomic mass is 15.2. The van der Waals surface area contributed by atoms with E-state index in [0.717, 1.165) is 24.0 Å². The number of fused-ring (bicyclic) bond motifs is 1. The largest absolute Gasteiger partial charge is 0.372 e. The van der Waals surface area contributed by atoms with Gasteiger partial charge in [0.1, 0.15) is 6.07 Å². The van der Waals surface area contributed by atoms with Crippen molar-refractivity contribution in [3.8, 4) is 6.07 Å². The third-order valence-corrected chi connectivity index (χ3v) is 3.59. The van der Waals surface area contributed by atoms with Crippen LogP contribution in [0.2, 0.25) is 0 Å². The Balaban J connectivity index is 2.17. The molecule has 1 aliphatic heterocycles. The second kappa shape index (κ2) is 4.75. The van der Waals surface area contributed by atoms with Crippen LogP contribution in [-0.2, 0) is 0 Å². The molecule has 5 heteroatoms. The minimum absolute atomic E-state index is 0.466. The molecule has 1 aromatic heterocycles. The van der Waals surface area contributed by atoms with Crippen molar-refractivity contribution >= 4 is 22.3 Å². The normalized spacial score (nSPS) is 14.6. The monoisotopic (exact) mass is 253 g/mol. The maximum Gasteiger partial charge on any atom is 0.103 e. The van der Waals surface area contributed by atoms with Crippen molar-refractivity contribution in [3.63, 3.8) is 0 Å². The molecule has 0 radical (unpaired) electrons. The number of hydrogen-bond acceptors (Lipinski definition) is 5. The number of nitrogen functional groups attached to an aromatic ring is 1. The molecule has 0 saturated carbocycles. The summed E-state index contributed by atoms with van der Waals surface area (Å²) >= 11 is 0. The van der Waals surface area contributed by atoms with Crippen LogP contribution in [-0.4, -0.2) is 18.1 Å². The van der Waals surface area contributed by atoms with Crippen molar-refractivity contribution < 1.29 is 0 Å². The fourth-order valence-corrected chi connectivity index (χ4v) is 2.59. The molecule has 2 aromatic rings. The Kier molecular flexibility index (Phi) is 2.94. The van der Waals surface area contributed by atoms with Gasteiger partial charge in [0, 0.05) is 30.4 Å². The van der Waals surface area contributed by atoms with Gasteiger partial charge in [-0.05, 0) is 31.0 Å². The first-order chi connectivity index (χ1) is 9.33. The van der Waals surface area contributed by atoms with E-state index in [1.54, 1.807) is 6.20 Å². The third kappa shape index (κ3) is 1.96. The summed E-state index contributed by atoms with van der Waals surface area (Å²) in [6, 6.07) is 8.22. The summed E-state index contributed by atoms with van der Waals surface area (Å²) in [5, 5.41) is 9.99. The first kappa shape index (κ1) is 11.8. The van der Waals surface area contributed by atoms with Crippen molar-refractivity contribution in [2.45, 2.75) is 12.8 Å². The highest BCUT2D eigenvalue weighted by Gasteiger charge is 2.14. The lowest BCUT2D eigenvalue weighted by Crippen LogP contribution is -2.17. The Morgan fingerprint density at radius 2 is 2.11 bits per heavy atom. The van der Waals surface area contributed by atoms with Crippen LogP contribution in [0.3, 0.4) is 0 Å². The number of nitrogens with two attached hydrogens (primary N) is 1. The van der Waals surface area contributed by atoms with Crippen LogP contribution >= 0.6 is 0 Å². The minimum Gasteiger partial charge on any atom is -0.372 e. The van der Waals surface area contributed by atoms with E-state index >= 15 is 0 Å². The van der Waals surface area contributed by atoms with Crippen molar-refractivity contribution in [3.05, 3.63) is 30.0 Å². The Labute approximate surface area is 111 Å². The van der Waals surface area contributed by atoms with Gasteiger partial charge in [0.15, 0.2) is 0 Å². The van der Waals surface area contributed by atoms with Crippen molar-refractivity contribution in [1.82, 2.24) is 4.98 Å². The van der Waals surface area contributed by atoms with Gasteiger partial charge >= 0.3 is 0 Å². The number of aromatic nitrogens is 1. The number of pyridine rings is 1. The van der Waals surface area contributed by atoms with E-state index in [1.165, 1.54) is 18.5 Å². The van der Waals surface area contributed by atoms with Gasteiger partial charge in [0.25, 0.3) is 0 Å². The van der Waals surface area contributed by atoms with Gasteiger partial charge in [-0.25, -0.2) is 0 Å². The number of nitrogens with zero attached hydrogens (tertiary/aromatic N) is 3. The van der Waals surface area contributed by atoms with Gasteiger partial charge in [0.05, 0.1) is 16.8 Å². The third-order valence-electron chi connectivity index (χ3n) is 3.59. The molecule has 19 heavy (non-hydrogen) atoms. The maximum absolute atomic E-state index is 9.09. The molecule has 0 spiro atoms. The quantitative estimate of drug-likeness (QED) is 0.632. The molecule has 0 unspecified atom stereocenters. The molecular formula is C14H15N5. The summed E-state index contributed by atoms with van der Waals surface area (Å²) in [5.74, 6) is 5.55. The van der Waals surface area contributed by atoms with Crippen LogP contribution in [0.4, 0.5) is 11.4 Å². The first-order valence-electron chi connectivity index (χ1n) is 6.38. The van der Waals surface area contributed by atoms with Crippen LogP contribution in [0.1, 0.15) is 18.4 Å². The lowest BCUT2D eigenvalue weighted by atomic mass is 10.1. The summed E-state index contributed by atoms with van der Waals surface area (Å²) in [5.41, 5.74) is 5.75. The molecular weight excluding hydrogens is 238 g/mol. The van der Waals surface area contributed by atoms with E-state index in [1.807, 2.05) is 6.07 Å². The average molecular weight is 253 g/mol. The fraction of sp³-hybridized carbons (Fsp3) is 0.286. The van der Waals surface area contributed by atoms with Gasteiger partial charge in [-0.3, -0.25) is 10.8 Å². The second-order valence-corrected chi connectivity index (χ2v) is 4.70. The molecule has 1 aliphatic rings. The molecule has 2 heterocycles. The second-order valence-electron chi connectivity index (χ2n) is 4.70. The molecule has 0 bridgehead atoms. The SMILES string of the molecule is N#Cc1cnc2ccc(N3CCCC3)cc2c1NN. The fourth-order valence-electron chi connectivity index (χ4n) is 2.59. The van der Waals surface area contributed by atoms with Gasteiger partial charge < -0.3 is 10.3 Å². The van der Waals surface area contributed by atoms with Gasteiger partial charge in [0.2, 0.25) is 0 Å². The van der Waals surface area contributed by atoms with E-state index in [2.05, 4.69) is 33.5 Å². The molecule has 96 valence electrons. The average Bonchev–Trinajstić information content (AvgIpc) is 2.99. The van der Waals surface area contributed by atoms with Crippen LogP contribution in [0, 0.1) is 11.3 Å². The number of hydrazine groups is 1. The highest BCUT2D eigenvalue weighted by molar-refractivity contribution is 5.95. The predicted octanol–water partition coefficient (Wildman–Crippen LogP) is 1.99. The molecule has 0 aliphatic carbocycles. The van der Waals surface area contributed by atoms with Crippen molar-refractivity contribution in [2.24, 2.45) is 5.84 Å². The molecule has 3 N–H and O–H groups in total. The predicted molar refractivity (Wildman–Crippen MR) is 75.7 cm³/mol. The Bertz CT molecular complexity index is 653. The zero-order valence-electron chi connectivity index (χ0n) is 10.6. The molecule has 1 saturated heterocycles. The topological polar surface area (TPSA) is 78.0 Å². The summed E-state index contributed by atoms with van der Waals surface area (Å²) in [6.07, 6.45) is 4.01. The number of benzene rings is 1. The molecule has 0 amide bonds. The van der Waals surface area contributed by atoms with Crippen molar-refractivity contribution in [2.75, 3.05) is 23.4 Å². The van der Waals surface area contributed by atoms with Gasteiger partial charge in [-0.1, -0.05) is 0 Å². The zero-order chi connectivity index (χ0) is 13.2. The summed E-state index contributed by atoms with van der Waals surface area (Å²) in [4.78, 5) is 6.64. The van der Waals surface area contributed by atoms with Crippen LogP contribution in [0.25, 0.3) is 10.9 Å². The Morgan fingerprint density at radius 3 is 2.79 bits per heavy atom. The Morgan fingerprint density at radius 1 is 1.32 bits per heavy atom. The van der Waals surface area contributed by atoms with E-state index in [0.29, 0.717) is 11.3 Å². The zero-order valence-corrected chi connectivity index (χ0v) is 10.6. The molecule has 5 nitrogen and oxygen atoms in total. The molecule has 0 atom stereocenters. The smallest absolute Gasteiger partial charge is 0.103 e. The van der Waals surface area contributed by atoms with E-state index in [-0.39, 0.29) is 0 Å². The number of rotatable bonds is 2. The van der Waals surface area contributed by atoms with Gasteiger partial charge in [-0.2, -0.15) is 5.26 Å². The summed E-state index contributed by atoms with van der Waals surface area (Å²) in [6.45, 7) is 2.17. The summed E-state index contributed by atoms with van der Waals surface area (Å²) in [7, 11) is 0. The van der Waals surface area contributed by atoms with Gasteiger partial charge in [-0.15, -0.1) is 0 Å². The lowest BCUT2D eigenvalue weighted by Gasteiger charge is -2.18. The standard InChI is InChI=1S/C14H15N5/c15-8-10-9-17-13-4-3-11(19-5-1-2-6-19)7-12(13)14(10)18-16/h3-4,7,9H,1-2,5-6,16H2,(H,17,18).